The van der Waals surface area contributed by atoms with E-state index in [1.54, 1.807) is 25.1 Å². The fourth-order valence-electron chi connectivity index (χ4n) is 4.80. The number of aliphatic hydroxyl groups is 4. The summed E-state index contributed by atoms with van der Waals surface area (Å²) in [5.41, 5.74) is 0.243. The molecule has 2 saturated heterocycles. The molecule has 8 unspecified atom stereocenters. The number of esters is 1. The van der Waals surface area contributed by atoms with Crippen molar-refractivity contribution < 1.29 is 58.1 Å². The summed E-state index contributed by atoms with van der Waals surface area (Å²) in [6.45, 7) is 2.01. The Kier molecular flexibility index (Phi) is 9.53. The Morgan fingerprint density at radius 3 is 2.42 bits per heavy atom. The van der Waals surface area contributed by atoms with Crippen LogP contribution in [0.4, 0.5) is 0 Å². The van der Waals surface area contributed by atoms with Crippen LogP contribution in [-0.4, -0.2) is 101 Å². The number of hydrogen-bond donors (Lipinski definition) is 5. The fourth-order valence-corrected chi connectivity index (χ4v) is 4.80. The van der Waals surface area contributed by atoms with Crippen LogP contribution in [0.1, 0.15) is 19.4 Å². The van der Waals surface area contributed by atoms with Crippen LogP contribution in [0.15, 0.2) is 39.5 Å². The summed E-state index contributed by atoms with van der Waals surface area (Å²) in [6.07, 6.45) is -11.6. The Bertz CT molecular complexity index is 1250. The third kappa shape index (κ3) is 6.34. The first-order chi connectivity index (χ1) is 19.0. The first-order valence-electron chi connectivity index (χ1n) is 12.6. The molecular formula is C26H33NO13. The molecule has 40 heavy (non-hydrogen) atoms. The number of nitrogens with one attached hydrogen (secondary N) is 1. The molecule has 0 aliphatic carbocycles. The van der Waals surface area contributed by atoms with Gasteiger partial charge >= 0.3 is 11.6 Å². The molecule has 0 radical (unpaired) electrons. The van der Waals surface area contributed by atoms with Gasteiger partial charge in [0.15, 0.2) is 18.7 Å². The quantitative estimate of drug-likeness (QED) is 0.183. The van der Waals surface area contributed by atoms with Gasteiger partial charge < -0.3 is 53.8 Å². The minimum atomic E-state index is -1.73. The van der Waals surface area contributed by atoms with Gasteiger partial charge in [-0.3, -0.25) is 4.79 Å². The molecule has 220 valence electrons. The summed E-state index contributed by atoms with van der Waals surface area (Å²) < 4.78 is 32.8. The van der Waals surface area contributed by atoms with Crippen molar-refractivity contribution in [2.45, 2.75) is 75.7 Å². The van der Waals surface area contributed by atoms with Crippen LogP contribution < -0.4 is 10.9 Å². The molecule has 10 atom stereocenters. The van der Waals surface area contributed by atoms with E-state index < -0.39 is 85.3 Å². The SMILES string of the molecule is COC1O[C@@H](C(=O)OCc2ccc3ccc(=O)oc3c2)C(OC2OC(CO)C(O)C(C)[C@@H]2NC(C)=O)C(O)C1O. The van der Waals surface area contributed by atoms with Gasteiger partial charge in [-0.1, -0.05) is 19.1 Å². The van der Waals surface area contributed by atoms with Gasteiger partial charge in [0.2, 0.25) is 5.91 Å². The van der Waals surface area contributed by atoms with Gasteiger partial charge in [-0.15, -0.1) is 0 Å². The van der Waals surface area contributed by atoms with Gasteiger partial charge in [-0.2, -0.15) is 0 Å². The van der Waals surface area contributed by atoms with Crippen molar-refractivity contribution in [3.63, 3.8) is 0 Å². The summed E-state index contributed by atoms with van der Waals surface area (Å²) in [4.78, 5) is 36.6. The zero-order chi connectivity index (χ0) is 29.1. The molecule has 2 aliphatic heterocycles. The highest BCUT2D eigenvalue weighted by Gasteiger charge is 2.53. The Morgan fingerprint density at radius 1 is 1.02 bits per heavy atom. The van der Waals surface area contributed by atoms with E-state index in [-0.39, 0.29) is 6.61 Å². The first kappa shape index (κ1) is 30.0. The second kappa shape index (κ2) is 12.7. The van der Waals surface area contributed by atoms with E-state index in [4.69, 9.17) is 28.1 Å². The average molecular weight is 568 g/mol. The molecule has 0 bridgehead atoms. The number of aliphatic hydroxyl groups excluding tert-OH is 4. The minimum absolute atomic E-state index is 0.263. The van der Waals surface area contributed by atoms with Crippen LogP contribution >= 0.6 is 0 Å². The predicted octanol–water partition coefficient (Wildman–Crippen LogP) is -1.47. The maximum Gasteiger partial charge on any atom is 0.338 e. The van der Waals surface area contributed by atoms with E-state index in [0.717, 1.165) is 0 Å². The topological polar surface area (TPSA) is 203 Å². The lowest BCUT2D eigenvalue weighted by Gasteiger charge is -2.47. The fraction of sp³-hybridized carbons (Fsp3) is 0.577. The minimum Gasteiger partial charge on any atom is -0.459 e. The first-order valence-corrected chi connectivity index (χ1v) is 12.6. The third-order valence-corrected chi connectivity index (χ3v) is 7.01. The second-order valence-electron chi connectivity index (χ2n) is 9.78. The highest BCUT2D eigenvalue weighted by molar-refractivity contribution is 5.78. The van der Waals surface area contributed by atoms with E-state index in [9.17, 15) is 34.8 Å². The summed E-state index contributed by atoms with van der Waals surface area (Å²) in [6, 6.07) is 6.80. The van der Waals surface area contributed by atoms with Gasteiger partial charge in [-0.25, -0.2) is 9.59 Å². The Morgan fingerprint density at radius 2 is 1.75 bits per heavy atom. The normalized spacial score (nSPS) is 34.4. The van der Waals surface area contributed by atoms with E-state index in [2.05, 4.69) is 5.32 Å². The van der Waals surface area contributed by atoms with E-state index in [0.29, 0.717) is 16.5 Å². The molecule has 1 aromatic carbocycles. The molecule has 0 spiro atoms. The van der Waals surface area contributed by atoms with Crippen LogP contribution in [0.3, 0.4) is 0 Å². The average Bonchev–Trinajstić information content (AvgIpc) is 2.93. The second-order valence-corrected chi connectivity index (χ2v) is 9.78. The molecule has 14 nitrogen and oxygen atoms in total. The largest absolute Gasteiger partial charge is 0.459 e. The van der Waals surface area contributed by atoms with Crippen LogP contribution in [-0.2, 0) is 39.9 Å². The standard InChI is InChI=1S/C26H33NO13/c1-11-18(27-12(2)29)25(38-16(9-28)19(11)31)39-22-20(32)21(33)26(35-3)40-23(22)24(34)36-10-13-4-5-14-6-7-17(30)37-15(14)8-13/h4-8,11,16,18-23,25-26,28,31-33H,9-10H2,1-3H3,(H,27,29)/t11?,16?,18-,19?,20?,21?,22?,23+,25?,26?/m0/s1. The number of carbonyl (C=O) groups excluding carboxylic acids is 2. The van der Waals surface area contributed by atoms with E-state index in [1.807, 2.05) is 0 Å². The molecule has 2 fully saturated rings. The monoisotopic (exact) mass is 567 g/mol. The van der Waals surface area contributed by atoms with E-state index >= 15 is 0 Å². The lowest BCUT2D eigenvalue weighted by atomic mass is 9.88. The Balaban J connectivity index is 1.56. The van der Waals surface area contributed by atoms with Gasteiger partial charge in [0, 0.05) is 31.4 Å². The third-order valence-electron chi connectivity index (χ3n) is 7.01. The Hall–Kier alpha value is -2.95. The summed E-state index contributed by atoms with van der Waals surface area (Å²) in [5, 5.41) is 44.9. The van der Waals surface area contributed by atoms with Crippen molar-refractivity contribution in [2.24, 2.45) is 5.92 Å². The number of amides is 1. The summed E-state index contributed by atoms with van der Waals surface area (Å²) in [7, 11) is 1.21. The van der Waals surface area contributed by atoms with Crippen LogP contribution in [0.2, 0.25) is 0 Å². The van der Waals surface area contributed by atoms with Gasteiger partial charge in [0.25, 0.3) is 0 Å². The highest BCUT2D eigenvalue weighted by Crippen LogP contribution is 2.32. The predicted molar refractivity (Wildman–Crippen MR) is 133 cm³/mol. The molecule has 1 amide bonds. The molecular weight excluding hydrogens is 534 g/mol. The molecule has 2 aliphatic rings. The lowest BCUT2D eigenvalue weighted by Crippen LogP contribution is -2.66. The van der Waals surface area contributed by atoms with Crippen molar-refractivity contribution in [1.82, 2.24) is 5.32 Å². The smallest absolute Gasteiger partial charge is 0.338 e. The van der Waals surface area contributed by atoms with Gasteiger partial charge in [-0.05, 0) is 17.7 Å². The maximum atomic E-state index is 13.2. The number of fused-ring (bicyclic) bond motifs is 1. The molecule has 1 aromatic heterocycles. The number of carbonyl (C=O) groups is 2. The van der Waals surface area contributed by atoms with Gasteiger partial charge in [0.1, 0.15) is 36.6 Å². The number of methoxy groups -OCH3 is 1. The number of ether oxygens (including phenoxy) is 5. The summed E-state index contributed by atoms with van der Waals surface area (Å²) in [5.74, 6) is -2.12. The molecule has 5 N–H and O–H groups in total. The number of rotatable bonds is 8. The lowest BCUT2D eigenvalue weighted by molar-refractivity contribution is -0.335. The van der Waals surface area contributed by atoms with Crippen LogP contribution in [0.5, 0.6) is 0 Å². The summed E-state index contributed by atoms with van der Waals surface area (Å²) >= 11 is 0. The Labute approximate surface area is 228 Å². The van der Waals surface area contributed by atoms with Crippen molar-refractivity contribution in [3.8, 4) is 0 Å². The zero-order valence-corrected chi connectivity index (χ0v) is 22.0. The van der Waals surface area contributed by atoms with Gasteiger partial charge in [0.05, 0.1) is 18.8 Å². The number of benzene rings is 1. The van der Waals surface area contributed by atoms with Crippen LogP contribution in [0.25, 0.3) is 11.0 Å². The van der Waals surface area contributed by atoms with Crippen molar-refractivity contribution in [2.75, 3.05) is 13.7 Å². The van der Waals surface area contributed by atoms with Crippen molar-refractivity contribution in [3.05, 3.63) is 46.3 Å². The van der Waals surface area contributed by atoms with Crippen molar-refractivity contribution >= 4 is 22.8 Å². The van der Waals surface area contributed by atoms with Crippen molar-refractivity contribution in [1.29, 1.82) is 0 Å². The zero-order valence-electron chi connectivity index (χ0n) is 22.0. The molecule has 14 heteroatoms. The van der Waals surface area contributed by atoms with Crippen LogP contribution in [0, 0.1) is 5.92 Å². The number of hydrogen-bond acceptors (Lipinski definition) is 13. The molecule has 4 rings (SSSR count). The highest BCUT2D eigenvalue weighted by atomic mass is 16.7. The molecule has 0 saturated carbocycles. The van der Waals surface area contributed by atoms with E-state index in [1.165, 1.54) is 26.2 Å². The molecule has 3 heterocycles. The maximum absolute atomic E-state index is 13.2. The molecule has 2 aromatic rings.